The summed E-state index contributed by atoms with van der Waals surface area (Å²) in [7, 11) is 1.57. The van der Waals surface area contributed by atoms with Crippen molar-refractivity contribution in [1.82, 2.24) is 20.0 Å². The maximum atomic E-state index is 12.8. The number of nitrogens with zero attached hydrogens (tertiary/aromatic N) is 3. The van der Waals surface area contributed by atoms with Crippen molar-refractivity contribution < 1.29 is 19.2 Å². The molecule has 162 valence electrons. The Balaban J connectivity index is 1.57. The van der Waals surface area contributed by atoms with Gasteiger partial charge in [-0.2, -0.15) is 0 Å². The van der Waals surface area contributed by atoms with Gasteiger partial charge in [-0.15, -0.1) is 0 Å². The van der Waals surface area contributed by atoms with Crippen molar-refractivity contribution in [2.75, 3.05) is 39.8 Å². The molecule has 0 aromatic heterocycles. The first-order chi connectivity index (χ1) is 14.5. The predicted molar refractivity (Wildman–Crippen MR) is 111 cm³/mol. The summed E-state index contributed by atoms with van der Waals surface area (Å²) < 4.78 is 0. The predicted octanol–water partition coefficient (Wildman–Crippen LogP) is 0.417. The average molecular weight is 415 g/mol. The number of hydrogen-bond donors (Lipinski definition) is 1. The van der Waals surface area contributed by atoms with Crippen LogP contribution in [0.15, 0.2) is 30.3 Å². The third-order valence-electron chi connectivity index (χ3n) is 5.83. The summed E-state index contributed by atoms with van der Waals surface area (Å²) in [5, 5.41) is 2.66. The lowest BCUT2D eigenvalue weighted by Crippen LogP contribution is -2.60. The highest BCUT2D eigenvalue weighted by atomic mass is 16.2. The van der Waals surface area contributed by atoms with Gasteiger partial charge in [0.15, 0.2) is 0 Å². The number of nitrogens with one attached hydrogen (secondary N) is 1. The van der Waals surface area contributed by atoms with Gasteiger partial charge in [0.2, 0.25) is 23.6 Å². The summed E-state index contributed by atoms with van der Waals surface area (Å²) in [5.41, 5.74) is 1.24. The van der Waals surface area contributed by atoms with Crippen LogP contribution in [0.2, 0.25) is 0 Å². The molecule has 0 aliphatic carbocycles. The fourth-order valence-corrected chi connectivity index (χ4v) is 4.06. The minimum Gasteiger partial charge on any atom is -0.357 e. The van der Waals surface area contributed by atoms with Gasteiger partial charge in [0.05, 0.1) is 0 Å². The van der Waals surface area contributed by atoms with Crippen molar-refractivity contribution in [3.05, 3.63) is 35.9 Å². The Morgan fingerprint density at radius 2 is 1.73 bits per heavy atom. The maximum Gasteiger partial charge on any atom is 0.243 e. The van der Waals surface area contributed by atoms with E-state index in [9.17, 15) is 19.2 Å². The van der Waals surface area contributed by atoms with Crippen LogP contribution in [0.3, 0.4) is 0 Å². The number of piperazine rings is 1. The molecule has 2 aliphatic rings. The Hall–Kier alpha value is -2.74. The van der Waals surface area contributed by atoms with Crippen LogP contribution < -0.4 is 5.32 Å². The highest BCUT2D eigenvalue weighted by molar-refractivity contribution is 5.98. The first-order valence-corrected chi connectivity index (χ1v) is 10.6. The Morgan fingerprint density at radius 3 is 2.40 bits per heavy atom. The van der Waals surface area contributed by atoms with E-state index in [1.807, 2.05) is 18.2 Å². The van der Waals surface area contributed by atoms with Crippen LogP contribution >= 0.6 is 0 Å². The van der Waals surface area contributed by atoms with Crippen LogP contribution in [0.4, 0.5) is 0 Å². The van der Waals surface area contributed by atoms with Gasteiger partial charge < -0.3 is 10.2 Å². The molecule has 8 nitrogen and oxygen atoms in total. The number of likely N-dealkylation sites (N-methyl/N-ethyl adjacent to an activating group) is 1. The lowest BCUT2D eigenvalue weighted by Gasteiger charge is -2.40. The largest absolute Gasteiger partial charge is 0.357 e. The Labute approximate surface area is 177 Å². The number of rotatable bonds is 7. The number of carbonyl (C=O) groups excluding carboxylic acids is 4. The van der Waals surface area contributed by atoms with Crippen molar-refractivity contribution in [1.29, 1.82) is 0 Å². The number of piperidine rings is 1. The van der Waals surface area contributed by atoms with Gasteiger partial charge in [0.1, 0.15) is 6.04 Å². The van der Waals surface area contributed by atoms with Crippen LogP contribution in [0.25, 0.3) is 0 Å². The third kappa shape index (κ3) is 5.44. The van der Waals surface area contributed by atoms with Crippen molar-refractivity contribution in [2.45, 2.75) is 38.1 Å². The van der Waals surface area contributed by atoms with Gasteiger partial charge in [-0.25, -0.2) is 0 Å². The average Bonchev–Trinajstić information content (AvgIpc) is 2.77. The topological polar surface area (TPSA) is 90.0 Å². The van der Waals surface area contributed by atoms with Gasteiger partial charge in [-0.05, 0) is 18.4 Å². The van der Waals surface area contributed by atoms with Gasteiger partial charge in [0, 0.05) is 59.0 Å². The third-order valence-corrected chi connectivity index (χ3v) is 5.83. The molecule has 0 saturated carbocycles. The van der Waals surface area contributed by atoms with Crippen molar-refractivity contribution >= 4 is 23.6 Å². The van der Waals surface area contributed by atoms with Gasteiger partial charge in [0.25, 0.3) is 0 Å². The zero-order valence-electron chi connectivity index (χ0n) is 17.5. The summed E-state index contributed by atoms with van der Waals surface area (Å²) in [4.78, 5) is 54.2. The fourth-order valence-electron chi connectivity index (χ4n) is 4.06. The van der Waals surface area contributed by atoms with Gasteiger partial charge in [-0.1, -0.05) is 30.3 Å². The lowest BCUT2D eigenvalue weighted by molar-refractivity contribution is -0.150. The molecule has 0 bridgehead atoms. The summed E-state index contributed by atoms with van der Waals surface area (Å²) in [5.74, 6) is -0.823. The number of likely N-dealkylation sites (tertiary alicyclic amines) is 1. The number of amides is 4. The molecule has 1 N–H and O–H groups in total. The maximum absolute atomic E-state index is 12.8. The zero-order chi connectivity index (χ0) is 21.5. The summed E-state index contributed by atoms with van der Waals surface area (Å²) >= 11 is 0. The molecule has 8 heteroatoms. The Kier molecular flexibility index (Phi) is 7.57. The molecule has 2 aliphatic heterocycles. The summed E-state index contributed by atoms with van der Waals surface area (Å²) in [6, 6.07) is 9.60. The van der Waals surface area contributed by atoms with E-state index >= 15 is 0 Å². The molecule has 2 heterocycles. The second-order valence-corrected chi connectivity index (χ2v) is 7.80. The molecule has 1 aromatic carbocycles. The first kappa shape index (κ1) is 22.0. The van der Waals surface area contributed by atoms with E-state index in [0.29, 0.717) is 38.9 Å². The van der Waals surface area contributed by atoms with E-state index in [2.05, 4.69) is 22.3 Å². The molecule has 1 atom stereocenters. The molecular formula is C22H30N4O4. The second kappa shape index (κ2) is 10.3. The smallest absolute Gasteiger partial charge is 0.243 e. The van der Waals surface area contributed by atoms with Crippen LogP contribution in [-0.4, -0.2) is 84.1 Å². The second-order valence-electron chi connectivity index (χ2n) is 7.80. The molecular weight excluding hydrogens is 384 g/mol. The molecule has 1 aromatic rings. The minimum absolute atomic E-state index is 0.0506. The van der Waals surface area contributed by atoms with Crippen molar-refractivity contribution in [3.63, 3.8) is 0 Å². The molecule has 2 saturated heterocycles. The van der Waals surface area contributed by atoms with E-state index in [4.69, 9.17) is 0 Å². The molecule has 0 spiro atoms. The highest BCUT2D eigenvalue weighted by Crippen LogP contribution is 2.16. The van der Waals surface area contributed by atoms with Crippen LogP contribution in [0.5, 0.6) is 0 Å². The van der Waals surface area contributed by atoms with E-state index < -0.39 is 6.04 Å². The van der Waals surface area contributed by atoms with E-state index in [1.54, 1.807) is 11.9 Å². The van der Waals surface area contributed by atoms with E-state index in [0.717, 1.165) is 13.0 Å². The number of carbonyl (C=O) groups is 4. The standard InChI is InChI=1S/C22H30N4O4/c1-23-22(30)18-16-24(12-10-17-6-3-2-4-7-17)14-15-25(18)21(29)11-13-26-19(27)8-5-9-20(26)28/h2-4,6-7,18H,5,8-16H2,1H3,(H,23,30). The molecule has 4 amide bonds. The van der Waals surface area contributed by atoms with Gasteiger partial charge in [-0.3, -0.25) is 29.0 Å². The molecule has 3 rings (SSSR count). The number of benzene rings is 1. The monoisotopic (exact) mass is 414 g/mol. The summed E-state index contributed by atoms with van der Waals surface area (Å²) in [6.45, 7) is 2.52. The van der Waals surface area contributed by atoms with Crippen molar-refractivity contribution in [2.24, 2.45) is 0 Å². The lowest BCUT2D eigenvalue weighted by atomic mass is 10.1. The van der Waals surface area contributed by atoms with E-state index in [1.165, 1.54) is 10.5 Å². The highest BCUT2D eigenvalue weighted by Gasteiger charge is 2.35. The Morgan fingerprint density at radius 1 is 1.03 bits per heavy atom. The summed E-state index contributed by atoms with van der Waals surface area (Å²) in [6.07, 6.45) is 2.21. The first-order valence-electron chi connectivity index (χ1n) is 10.6. The SMILES string of the molecule is CNC(=O)C1CN(CCc2ccccc2)CCN1C(=O)CCN1C(=O)CCCC1=O. The molecule has 30 heavy (non-hydrogen) atoms. The van der Waals surface area contributed by atoms with Gasteiger partial charge >= 0.3 is 0 Å². The zero-order valence-corrected chi connectivity index (χ0v) is 17.5. The number of hydrogen-bond acceptors (Lipinski definition) is 5. The quantitative estimate of drug-likeness (QED) is 0.653. The normalized spacial score (nSPS) is 20.4. The van der Waals surface area contributed by atoms with E-state index in [-0.39, 0.29) is 36.6 Å². The Bertz CT molecular complexity index is 767. The number of imide groups is 1. The fraction of sp³-hybridized carbons (Fsp3) is 0.545. The molecule has 1 unspecified atom stereocenters. The van der Waals surface area contributed by atoms with Crippen molar-refractivity contribution in [3.8, 4) is 0 Å². The molecule has 0 radical (unpaired) electrons. The van der Waals surface area contributed by atoms with Crippen LogP contribution in [0.1, 0.15) is 31.2 Å². The van der Waals surface area contributed by atoms with Crippen LogP contribution in [-0.2, 0) is 25.6 Å². The van der Waals surface area contributed by atoms with Crippen LogP contribution in [0, 0.1) is 0 Å². The minimum atomic E-state index is -0.570. The molecule has 2 fully saturated rings.